The van der Waals surface area contributed by atoms with Gasteiger partial charge in [-0.3, -0.25) is 9.36 Å². The van der Waals surface area contributed by atoms with Crippen LogP contribution in [0, 0.1) is 17.5 Å². The number of aromatic nitrogens is 4. The number of hydrogen-bond donors (Lipinski definition) is 1. The molecule has 2 heterocycles. The van der Waals surface area contributed by atoms with E-state index < -0.39 is 40.9 Å². The molecule has 0 radical (unpaired) electrons. The highest BCUT2D eigenvalue weighted by Gasteiger charge is 2.18. The van der Waals surface area contributed by atoms with Gasteiger partial charge in [-0.2, -0.15) is 4.98 Å². The minimum atomic E-state index is -1.63. The van der Waals surface area contributed by atoms with Gasteiger partial charge < -0.3 is 4.98 Å². The molecular formula is C22H15F3N4O3. The lowest BCUT2D eigenvalue weighted by atomic mass is 10.1. The number of nitrogens with one attached hydrogen (secondary N) is 1. The van der Waals surface area contributed by atoms with Gasteiger partial charge in [-0.25, -0.2) is 27.3 Å². The van der Waals surface area contributed by atoms with E-state index in [9.17, 15) is 27.6 Å². The van der Waals surface area contributed by atoms with Crippen molar-refractivity contribution in [2.24, 2.45) is 0 Å². The van der Waals surface area contributed by atoms with Crippen LogP contribution in [0.4, 0.5) is 13.2 Å². The molecule has 0 aliphatic heterocycles. The van der Waals surface area contributed by atoms with Gasteiger partial charge in [-0.1, -0.05) is 36.4 Å². The van der Waals surface area contributed by atoms with Gasteiger partial charge in [0.25, 0.3) is 5.56 Å². The minimum absolute atomic E-state index is 0.0380. The smallest absolute Gasteiger partial charge is 0.329 e. The molecule has 2 aromatic heterocycles. The van der Waals surface area contributed by atoms with E-state index in [4.69, 9.17) is 0 Å². The zero-order chi connectivity index (χ0) is 22.8. The van der Waals surface area contributed by atoms with Crippen LogP contribution in [0.2, 0.25) is 0 Å². The van der Waals surface area contributed by atoms with Crippen molar-refractivity contribution in [1.29, 1.82) is 0 Å². The second-order valence-corrected chi connectivity index (χ2v) is 6.94. The summed E-state index contributed by atoms with van der Waals surface area (Å²) in [5, 5.41) is 0. The van der Waals surface area contributed by atoms with E-state index in [0.717, 1.165) is 21.3 Å². The molecule has 7 nitrogen and oxygen atoms in total. The Hall–Kier alpha value is -4.21. The SMILES string of the molecule is O=c1[nH]cccc1Cn1c(=O)nc(-c2ccccc2)n(Cc2cc(F)c(F)c(F)c2)c1=O. The van der Waals surface area contributed by atoms with Crippen molar-refractivity contribution in [1.82, 2.24) is 19.1 Å². The second kappa shape index (κ2) is 8.50. The molecule has 0 unspecified atom stereocenters. The summed E-state index contributed by atoms with van der Waals surface area (Å²) in [6.07, 6.45) is 1.40. The van der Waals surface area contributed by atoms with Crippen molar-refractivity contribution in [3.8, 4) is 11.4 Å². The maximum atomic E-state index is 13.7. The van der Waals surface area contributed by atoms with Crippen LogP contribution in [-0.4, -0.2) is 19.1 Å². The third kappa shape index (κ3) is 4.02. The molecule has 0 amide bonds. The topological polar surface area (TPSA) is 89.8 Å². The molecule has 0 saturated heterocycles. The van der Waals surface area contributed by atoms with E-state index >= 15 is 0 Å². The number of nitrogens with zero attached hydrogens (tertiary/aromatic N) is 3. The fraction of sp³-hybridized carbons (Fsp3) is 0.0909. The standard InChI is InChI=1S/C22H15F3N4O3/c23-16-9-13(10-17(24)18(16)25)11-28-19(14-5-2-1-3-6-14)27-21(31)29(22(28)32)12-15-7-4-8-26-20(15)30/h1-10H,11-12H2,(H,26,30). The molecule has 2 aromatic carbocycles. The molecule has 0 bridgehead atoms. The number of rotatable bonds is 5. The average Bonchev–Trinajstić information content (AvgIpc) is 2.78. The summed E-state index contributed by atoms with van der Waals surface area (Å²) in [6.45, 7) is -0.752. The van der Waals surface area contributed by atoms with Gasteiger partial charge in [-0.15, -0.1) is 0 Å². The summed E-state index contributed by atoms with van der Waals surface area (Å²) in [5.41, 5.74) is -1.73. The largest absolute Gasteiger partial charge is 0.354 e. The molecule has 0 fully saturated rings. The molecule has 10 heteroatoms. The van der Waals surface area contributed by atoms with E-state index in [1.54, 1.807) is 30.3 Å². The van der Waals surface area contributed by atoms with Crippen molar-refractivity contribution >= 4 is 0 Å². The predicted molar refractivity (Wildman–Crippen MR) is 110 cm³/mol. The Morgan fingerprint density at radius 1 is 0.844 bits per heavy atom. The monoisotopic (exact) mass is 440 g/mol. The molecule has 32 heavy (non-hydrogen) atoms. The van der Waals surface area contributed by atoms with Crippen LogP contribution in [0.15, 0.2) is 75.2 Å². The fourth-order valence-electron chi connectivity index (χ4n) is 3.25. The molecule has 4 aromatic rings. The van der Waals surface area contributed by atoms with Crippen molar-refractivity contribution < 1.29 is 13.2 Å². The molecular weight excluding hydrogens is 425 g/mol. The van der Waals surface area contributed by atoms with Crippen LogP contribution in [0.3, 0.4) is 0 Å². The van der Waals surface area contributed by atoms with E-state index in [1.165, 1.54) is 18.3 Å². The minimum Gasteiger partial charge on any atom is -0.329 e. The lowest BCUT2D eigenvalue weighted by Crippen LogP contribution is -2.43. The first-order valence-corrected chi connectivity index (χ1v) is 9.42. The molecule has 0 atom stereocenters. The number of hydrogen-bond acceptors (Lipinski definition) is 4. The van der Waals surface area contributed by atoms with E-state index in [0.29, 0.717) is 5.56 Å². The summed E-state index contributed by atoms with van der Waals surface area (Å²) in [7, 11) is 0. The Morgan fingerprint density at radius 3 is 2.19 bits per heavy atom. The Labute approximate surface area is 178 Å². The first-order chi connectivity index (χ1) is 15.3. The summed E-state index contributed by atoms with van der Waals surface area (Å²) < 4.78 is 42.6. The first-order valence-electron chi connectivity index (χ1n) is 9.42. The fourth-order valence-corrected chi connectivity index (χ4v) is 3.25. The molecule has 0 aliphatic carbocycles. The summed E-state index contributed by atoms with van der Waals surface area (Å²) in [6, 6.07) is 12.8. The highest BCUT2D eigenvalue weighted by Crippen LogP contribution is 2.18. The van der Waals surface area contributed by atoms with Crippen LogP contribution < -0.4 is 16.9 Å². The molecule has 162 valence electrons. The molecule has 0 spiro atoms. The summed E-state index contributed by atoms with van der Waals surface area (Å²) in [4.78, 5) is 44.3. The van der Waals surface area contributed by atoms with Gasteiger partial charge in [0.05, 0.1) is 13.1 Å². The van der Waals surface area contributed by atoms with Crippen molar-refractivity contribution in [2.75, 3.05) is 0 Å². The van der Waals surface area contributed by atoms with Gasteiger partial charge in [0.2, 0.25) is 0 Å². The van der Waals surface area contributed by atoms with Crippen LogP contribution in [0.5, 0.6) is 0 Å². The van der Waals surface area contributed by atoms with Gasteiger partial charge in [0, 0.05) is 17.3 Å². The average molecular weight is 440 g/mol. The van der Waals surface area contributed by atoms with Crippen LogP contribution >= 0.6 is 0 Å². The zero-order valence-electron chi connectivity index (χ0n) is 16.4. The van der Waals surface area contributed by atoms with E-state index in [2.05, 4.69) is 9.97 Å². The van der Waals surface area contributed by atoms with Crippen molar-refractivity contribution in [2.45, 2.75) is 13.1 Å². The number of aromatic amines is 1. The number of benzene rings is 2. The lowest BCUT2D eigenvalue weighted by Gasteiger charge is -2.15. The number of pyridine rings is 1. The van der Waals surface area contributed by atoms with Crippen molar-refractivity contribution in [3.05, 3.63) is 121 Å². The molecule has 4 rings (SSSR count). The first kappa shape index (κ1) is 21.0. The van der Waals surface area contributed by atoms with Gasteiger partial charge in [0.15, 0.2) is 17.5 Å². The van der Waals surface area contributed by atoms with Gasteiger partial charge >= 0.3 is 11.4 Å². The lowest BCUT2D eigenvalue weighted by molar-refractivity contribution is 0.444. The number of halogens is 3. The Balaban J connectivity index is 1.91. The Morgan fingerprint density at radius 2 is 1.53 bits per heavy atom. The van der Waals surface area contributed by atoms with E-state index in [1.807, 2.05) is 0 Å². The van der Waals surface area contributed by atoms with Gasteiger partial charge in [0.1, 0.15) is 5.82 Å². The second-order valence-electron chi connectivity index (χ2n) is 6.94. The predicted octanol–water partition coefficient (Wildman–Crippen LogP) is 2.27. The van der Waals surface area contributed by atoms with Crippen LogP contribution in [0.25, 0.3) is 11.4 Å². The summed E-state index contributed by atoms with van der Waals surface area (Å²) >= 11 is 0. The maximum Gasteiger partial charge on any atom is 0.354 e. The Bertz CT molecular complexity index is 1450. The zero-order valence-corrected chi connectivity index (χ0v) is 16.4. The van der Waals surface area contributed by atoms with Crippen molar-refractivity contribution in [3.63, 3.8) is 0 Å². The highest BCUT2D eigenvalue weighted by molar-refractivity contribution is 5.54. The molecule has 1 N–H and O–H groups in total. The summed E-state index contributed by atoms with van der Waals surface area (Å²) in [5.74, 6) is -4.49. The third-order valence-corrected chi connectivity index (χ3v) is 4.79. The number of H-pyrrole nitrogens is 1. The maximum absolute atomic E-state index is 13.7. The Kier molecular flexibility index (Phi) is 5.59. The molecule has 0 aliphatic rings. The highest BCUT2D eigenvalue weighted by atomic mass is 19.2. The van der Waals surface area contributed by atoms with E-state index in [-0.39, 0.29) is 23.5 Å². The third-order valence-electron chi connectivity index (χ3n) is 4.79. The van der Waals surface area contributed by atoms with Gasteiger partial charge in [-0.05, 0) is 23.8 Å². The van der Waals surface area contributed by atoms with Crippen LogP contribution in [0.1, 0.15) is 11.1 Å². The van der Waals surface area contributed by atoms with Crippen LogP contribution in [-0.2, 0) is 13.1 Å². The quantitative estimate of drug-likeness (QED) is 0.482. The normalized spacial score (nSPS) is 11.0. The molecule has 0 saturated carbocycles.